The van der Waals surface area contributed by atoms with Crippen molar-refractivity contribution in [1.29, 1.82) is 0 Å². The largest absolute Gasteiger partial charge is 0.379 e. The van der Waals surface area contributed by atoms with E-state index in [9.17, 15) is 14.4 Å². The van der Waals surface area contributed by atoms with Crippen LogP contribution in [0.2, 0.25) is 0 Å². The number of amides is 1. The van der Waals surface area contributed by atoms with Crippen molar-refractivity contribution in [2.45, 2.75) is 53.5 Å². The van der Waals surface area contributed by atoms with Crippen molar-refractivity contribution < 1.29 is 23.9 Å². The zero-order valence-corrected chi connectivity index (χ0v) is 15.0. The van der Waals surface area contributed by atoms with Crippen molar-refractivity contribution in [3.8, 4) is 0 Å². The minimum absolute atomic E-state index is 0.00608. The molecule has 0 heterocycles. The van der Waals surface area contributed by atoms with Gasteiger partial charge in [-0.25, -0.2) is 0 Å². The number of hydrogen-bond donors (Lipinski definition) is 1. The fourth-order valence-electron chi connectivity index (χ4n) is 1.79. The second-order valence-corrected chi connectivity index (χ2v) is 6.29. The van der Waals surface area contributed by atoms with Crippen LogP contribution in [0.1, 0.15) is 47.5 Å². The zero-order chi connectivity index (χ0) is 17.8. The SMILES string of the molecule is CC(=O)NC(COCCC(=O)C(C)C)COCCC(=O)C(C)C. The van der Waals surface area contributed by atoms with Gasteiger partial charge in [-0.2, -0.15) is 0 Å². The molecule has 0 atom stereocenters. The minimum atomic E-state index is -0.282. The Morgan fingerprint density at radius 1 is 0.826 bits per heavy atom. The topological polar surface area (TPSA) is 81.7 Å². The lowest BCUT2D eigenvalue weighted by atomic mass is 10.1. The van der Waals surface area contributed by atoms with E-state index < -0.39 is 0 Å². The fourth-order valence-corrected chi connectivity index (χ4v) is 1.79. The summed E-state index contributed by atoms with van der Waals surface area (Å²) in [5, 5.41) is 2.74. The quantitative estimate of drug-likeness (QED) is 0.521. The van der Waals surface area contributed by atoms with Crippen LogP contribution < -0.4 is 5.32 Å². The Labute approximate surface area is 139 Å². The standard InChI is InChI=1S/C17H31NO5/c1-12(2)16(20)6-8-22-10-15(18-14(5)19)11-23-9-7-17(21)13(3)4/h12-13,15H,6-11H2,1-5H3,(H,18,19). The van der Waals surface area contributed by atoms with Crippen molar-refractivity contribution in [3.63, 3.8) is 0 Å². The van der Waals surface area contributed by atoms with Crippen molar-refractivity contribution >= 4 is 17.5 Å². The van der Waals surface area contributed by atoms with Crippen LogP contribution in [-0.4, -0.2) is 49.9 Å². The lowest BCUT2D eigenvalue weighted by Gasteiger charge is -2.18. The van der Waals surface area contributed by atoms with Gasteiger partial charge in [-0.3, -0.25) is 14.4 Å². The third-order valence-corrected chi connectivity index (χ3v) is 3.32. The summed E-state index contributed by atoms with van der Waals surface area (Å²) in [7, 11) is 0. The summed E-state index contributed by atoms with van der Waals surface area (Å²) in [4.78, 5) is 34.2. The van der Waals surface area contributed by atoms with E-state index in [2.05, 4.69) is 5.32 Å². The average Bonchev–Trinajstić information content (AvgIpc) is 2.46. The maximum absolute atomic E-state index is 11.5. The summed E-state index contributed by atoms with van der Waals surface area (Å²) in [5.41, 5.74) is 0. The van der Waals surface area contributed by atoms with Crippen LogP contribution in [0.4, 0.5) is 0 Å². The number of nitrogens with one attached hydrogen (secondary N) is 1. The number of ether oxygens (including phenoxy) is 2. The number of hydrogen-bond acceptors (Lipinski definition) is 5. The molecule has 0 rings (SSSR count). The molecule has 0 aromatic heterocycles. The number of carbonyl (C=O) groups excluding carboxylic acids is 3. The minimum Gasteiger partial charge on any atom is -0.379 e. The van der Waals surface area contributed by atoms with Crippen LogP contribution in [0, 0.1) is 11.8 Å². The Morgan fingerprint density at radius 2 is 1.22 bits per heavy atom. The lowest BCUT2D eigenvalue weighted by Crippen LogP contribution is -2.40. The van der Waals surface area contributed by atoms with Crippen LogP contribution >= 0.6 is 0 Å². The van der Waals surface area contributed by atoms with Crippen molar-refractivity contribution in [3.05, 3.63) is 0 Å². The zero-order valence-electron chi connectivity index (χ0n) is 15.0. The van der Waals surface area contributed by atoms with Crippen LogP contribution in [-0.2, 0) is 23.9 Å². The van der Waals surface area contributed by atoms with Crippen molar-refractivity contribution in [1.82, 2.24) is 5.32 Å². The summed E-state index contributed by atoms with van der Waals surface area (Å²) < 4.78 is 10.9. The molecule has 0 unspecified atom stereocenters. The van der Waals surface area contributed by atoms with E-state index in [1.54, 1.807) is 0 Å². The highest BCUT2D eigenvalue weighted by atomic mass is 16.5. The number of Topliss-reactive ketones (excluding diaryl/α,β-unsaturated/α-hetero) is 2. The number of rotatable bonds is 13. The molecular formula is C17H31NO5. The lowest BCUT2D eigenvalue weighted by molar-refractivity contribution is -0.124. The molecule has 0 saturated carbocycles. The normalized spacial score (nSPS) is 11.3. The highest BCUT2D eigenvalue weighted by molar-refractivity contribution is 5.80. The summed E-state index contributed by atoms with van der Waals surface area (Å²) >= 11 is 0. The van der Waals surface area contributed by atoms with Gasteiger partial charge in [0.05, 0.1) is 32.5 Å². The molecule has 0 aliphatic rings. The Morgan fingerprint density at radius 3 is 1.52 bits per heavy atom. The van der Waals surface area contributed by atoms with Gasteiger partial charge < -0.3 is 14.8 Å². The van der Waals surface area contributed by atoms with Gasteiger partial charge in [0.15, 0.2) is 0 Å². The monoisotopic (exact) mass is 329 g/mol. The first-order valence-electron chi connectivity index (χ1n) is 8.22. The molecule has 1 amide bonds. The molecule has 0 saturated heterocycles. The first-order valence-corrected chi connectivity index (χ1v) is 8.22. The van der Waals surface area contributed by atoms with Gasteiger partial charge in [0.25, 0.3) is 0 Å². The second kappa shape index (κ2) is 12.2. The molecule has 0 aliphatic heterocycles. The van der Waals surface area contributed by atoms with Crippen LogP contribution in [0.25, 0.3) is 0 Å². The van der Waals surface area contributed by atoms with Crippen LogP contribution in [0.15, 0.2) is 0 Å². The summed E-state index contributed by atoms with van der Waals surface area (Å²) in [6.07, 6.45) is 0.739. The Bertz CT molecular complexity index is 351. The molecule has 0 bridgehead atoms. The maximum Gasteiger partial charge on any atom is 0.217 e. The van der Waals surface area contributed by atoms with Gasteiger partial charge in [0, 0.05) is 31.6 Å². The molecule has 0 aromatic rings. The highest BCUT2D eigenvalue weighted by Gasteiger charge is 2.13. The molecule has 1 N–H and O–H groups in total. The first-order chi connectivity index (χ1) is 10.7. The Kier molecular flexibility index (Phi) is 11.5. The third-order valence-electron chi connectivity index (χ3n) is 3.32. The molecule has 134 valence electrons. The molecule has 0 aliphatic carbocycles. The molecule has 0 aromatic carbocycles. The van der Waals surface area contributed by atoms with Crippen LogP contribution in [0.5, 0.6) is 0 Å². The van der Waals surface area contributed by atoms with Gasteiger partial charge in [0.1, 0.15) is 11.6 Å². The average molecular weight is 329 g/mol. The summed E-state index contributed by atoms with van der Waals surface area (Å²) in [6.45, 7) is 10.1. The van der Waals surface area contributed by atoms with E-state index in [4.69, 9.17) is 9.47 Å². The summed E-state index contributed by atoms with van der Waals surface area (Å²) in [5.74, 6) is 0.158. The van der Waals surface area contributed by atoms with E-state index in [-0.39, 0.29) is 48.6 Å². The third kappa shape index (κ3) is 11.9. The number of carbonyl (C=O) groups is 3. The van der Waals surface area contributed by atoms with Gasteiger partial charge in [-0.05, 0) is 0 Å². The molecule has 0 fully saturated rings. The van der Waals surface area contributed by atoms with Gasteiger partial charge in [-0.1, -0.05) is 27.7 Å². The Balaban J connectivity index is 4.00. The van der Waals surface area contributed by atoms with E-state index in [1.165, 1.54) is 6.92 Å². The van der Waals surface area contributed by atoms with Crippen molar-refractivity contribution in [2.75, 3.05) is 26.4 Å². The molecule has 0 radical (unpaired) electrons. The smallest absolute Gasteiger partial charge is 0.217 e. The fraction of sp³-hybridized carbons (Fsp3) is 0.824. The summed E-state index contributed by atoms with van der Waals surface area (Å²) in [6, 6.07) is -0.282. The van der Waals surface area contributed by atoms with E-state index in [1.807, 2.05) is 27.7 Å². The molecule has 6 nitrogen and oxygen atoms in total. The predicted octanol–water partition coefficient (Wildman–Crippen LogP) is 1.75. The first kappa shape index (κ1) is 21.7. The Hall–Kier alpha value is -1.27. The molecular weight excluding hydrogens is 298 g/mol. The molecule has 6 heteroatoms. The van der Waals surface area contributed by atoms with Gasteiger partial charge >= 0.3 is 0 Å². The van der Waals surface area contributed by atoms with Crippen molar-refractivity contribution in [2.24, 2.45) is 11.8 Å². The molecule has 0 spiro atoms. The second-order valence-electron chi connectivity index (χ2n) is 6.29. The highest BCUT2D eigenvalue weighted by Crippen LogP contribution is 2.01. The molecule has 23 heavy (non-hydrogen) atoms. The number of ketones is 2. The van der Waals surface area contributed by atoms with Gasteiger partial charge in [-0.15, -0.1) is 0 Å². The van der Waals surface area contributed by atoms with E-state index >= 15 is 0 Å². The van der Waals surface area contributed by atoms with Gasteiger partial charge in [0.2, 0.25) is 5.91 Å². The predicted molar refractivity (Wildman–Crippen MR) is 88.2 cm³/mol. The maximum atomic E-state index is 11.5. The van der Waals surface area contributed by atoms with E-state index in [0.717, 1.165) is 0 Å². The van der Waals surface area contributed by atoms with E-state index in [0.29, 0.717) is 26.1 Å². The van der Waals surface area contributed by atoms with Crippen LogP contribution in [0.3, 0.4) is 0 Å².